The van der Waals surface area contributed by atoms with Crippen LogP contribution in [0.5, 0.6) is 23.0 Å². The molecule has 0 amide bonds. The number of nitrogens with one attached hydrogen (secondary N) is 2. The van der Waals surface area contributed by atoms with Crippen LogP contribution in [0.1, 0.15) is 0 Å². The van der Waals surface area contributed by atoms with Crippen molar-refractivity contribution in [2.45, 2.75) is 0 Å². The van der Waals surface area contributed by atoms with Crippen molar-refractivity contribution >= 4 is 0 Å². The highest BCUT2D eigenvalue weighted by molar-refractivity contribution is 5.70. The second kappa shape index (κ2) is 7.34. The molecule has 4 heterocycles. The Morgan fingerprint density at radius 3 is 1.56 bits per heavy atom. The summed E-state index contributed by atoms with van der Waals surface area (Å²) < 4.78 is 21.7. The van der Waals surface area contributed by atoms with Gasteiger partial charge in [-0.15, -0.1) is 0 Å². The predicted molar refractivity (Wildman–Crippen MR) is 120 cm³/mol. The molecule has 0 radical (unpaired) electrons. The average Bonchev–Trinajstić information content (AvgIpc) is 3.69. The van der Waals surface area contributed by atoms with Gasteiger partial charge >= 0.3 is 0 Å². The van der Waals surface area contributed by atoms with Gasteiger partial charge in [-0.1, -0.05) is 18.2 Å². The zero-order valence-corrected chi connectivity index (χ0v) is 17.6. The number of aromatic amines is 2. The van der Waals surface area contributed by atoms with Crippen LogP contribution in [0.15, 0.2) is 60.7 Å². The van der Waals surface area contributed by atoms with E-state index in [1.165, 1.54) is 0 Å². The molecule has 0 atom stereocenters. The van der Waals surface area contributed by atoms with Crippen LogP contribution in [0.4, 0.5) is 0 Å². The fourth-order valence-corrected chi connectivity index (χ4v) is 3.93. The molecule has 7 rings (SSSR count). The van der Waals surface area contributed by atoms with Gasteiger partial charge in [-0.3, -0.25) is 10.2 Å². The van der Waals surface area contributed by atoms with Crippen LogP contribution < -0.4 is 18.9 Å². The Bertz CT molecular complexity index is 1430. The van der Waals surface area contributed by atoms with Gasteiger partial charge < -0.3 is 18.9 Å². The van der Waals surface area contributed by atoms with Crippen molar-refractivity contribution in [1.29, 1.82) is 0 Å². The van der Waals surface area contributed by atoms with Crippen LogP contribution >= 0.6 is 0 Å². The van der Waals surface area contributed by atoms with E-state index in [2.05, 4.69) is 30.4 Å². The van der Waals surface area contributed by atoms with Gasteiger partial charge in [0.05, 0.1) is 0 Å². The summed E-state index contributed by atoms with van der Waals surface area (Å²) in [6.45, 7) is 0.454. The van der Waals surface area contributed by atoms with E-state index in [-0.39, 0.29) is 13.6 Å². The van der Waals surface area contributed by atoms with Gasteiger partial charge in [-0.05, 0) is 42.5 Å². The third-order valence-electron chi connectivity index (χ3n) is 5.64. The number of hydrogen-bond acceptors (Lipinski definition) is 8. The minimum absolute atomic E-state index is 0.227. The summed E-state index contributed by atoms with van der Waals surface area (Å²) >= 11 is 0. The van der Waals surface area contributed by atoms with E-state index in [1.54, 1.807) is 0 Å². The number of rotatable bonds is 4. The molecule has 3 aromatic carbocycles. The quantitative estimate of drug-likeness (QED) is 0.419. The summed E-state index contributed by atoms with van der Waals surface area (Å²) in [6.07, 6.45) is 0. The topological polar surface area (TPSA) is 120 Å². The molecule has 0 unspecified atom stereocenters. The van der Waals surface area contributed by atoms with E-state index >= 15 is 0 Å². The molecule has 10 heteroatoms. The molecule has 2 N–H and O–H groups in total. The van der Waals surface area contributed by atoms with Crippen molar-refractivity contribution in [3.05, 3.63) is 60.7 Å². The van der Waals surface area contributed by atoms with Crippen molar-refractivity contribution in [2.75, 3.05) is 13.6 Å². The average molecular weight is 452 g/mol. The van der Waals surface area contributed by atoms with Crippen LogP contribution in [-0.2, 0) is 0 Å². The maximum absolute atomic E-state index is 5.46. The molecule has 10 nitrogen and oxygen atoms in total. The Balaban J connectivity index is 1.17. The van der Waals surface area contributed by atoms with Crippen LogP contribution in [0.25, 0.3) is 45.6 Å². The SMILES string of the molecule is c1cc(-c2n[nH]c(-c3ccc4c(c3)OCO4)n2)cc(-c2n[nH]c(-c3ccc4c(c3)OCO4)n2)c1. The third-order valence-corrected chi connectivity index (χ3v) is 5.64. The Morgan fingerprint density at radius 2 is 1.03 bits per heavy atom. The molecule has 0 fully saturated rings. The van der Waals surface area contributed by atoms with Crippen LogP contribution in [0.2, 0.25) is 0 Å². The summed E-state index contributed by atoms with van der Waals surface area (Å²) in [6, 6.07) is 19.1. The highest BCUT2D eigenvalue weighted by Crippen LogP contribution is 2.36. The van der Waals surface area contributed by atoms with Gasteiger partial charge in [0.2, 0.25) is 13.6 Å². The number of ether oxygens (including phenoxy) is 4. The van der Waals surface area contributed by atoms with Gasteiger partial charge in [0, 0.05) is 22.3 Å². The van der Waals surface area contributed by atoms with E-state index < -0.39 is 0 Å². The fourth-order valence-electron chi connectivity index (χ4n) is 3.93. The second-order valence-electron chi connectivity index (χ2n) is 7.73. The first-order valence-corrected chi connectivity index (χ1v) is 10.6. The van der Waals surface area contributed by atoms with E-state index in [4.69, 9.17) is 18.9 Å². The van der Waals surface area contributed by atoms with Gasteiger partial charge in [-0.25, -0.2) is 9.97 Å². The number of hydrogen-bond donors (Lipinski definition) is 2. The largest absolute Gasteiger partial charge is 0.454 e. The minimum atomic E-state index is 0.227. The first-order chi connectivity index (χ1) is 16.8. The van der Waals surface area contributed by atoms with Gasteiger partial charge in [-0.2, -0.15) is 10.2 Å². The Labute approximate surface area is 192 Å². The maximum Gasteiger partial charge on any atom is 0.231 e. The first-order valence-electron chi connectivity index (χ1n) is 10.6. The van der Waals surface area contributed by atoms with Gasteiger partial charge in [0.1, 0.15) is 0 Å². The van der Waals surface area contributed by atoms with Crippen LogP contribution in [0.3, 0.4) is 0 Å². The highest BCUT2D eigenvalue weighted by atomic mass is 16.7. The smallest absolute Gasteiger partial charge is 0.231 e. The lowest BCUT2D eigenvalue weighted by Crippen LogP contribution is -1.92. The Hall–Kier alpha value is -4.86. The first kappa shape index (κ1) is 18.7. The van der Waals surface area contributed by atoms with E-state index in [9.17, 15) is 0 Å². The van der Waals surface area contributed by atoms with Crippen LogP contribution in [0, 0.1) is 0 Å². The third kappa shape index (κ3) is 3.12. The molecule has 0 spiro atoms. The van der Waals surface area contributed by atoms with Crippen LogP contribution in [-0.4, -0.2) is 43.9 Å². The molecular formula is C24H16N6O4. The second-order valence-corrected chi connectivity index (χ2v) is 7.73. The maximum atomic E-state index is 5.46. The zero-order chi connectivity index (χ0) is 22.5. The monoisotopic (exact) mass is 452 g/mol. The van der Waals surface area contributed by atoms with Crippen molar-refractivity contribution in [3.8, 4) is 68.5 Å². The summed E-state index contributed by atoms with van der Waals surface area (Å²) in [5.41, 5.74) is 3.41. The van der Waals surface area contributed by atoms with E-state index in [0.29, 0.717) is 34.8 Å². The summed E-state index contributed by atoms with van der Waals surface area (Å²) in [7, 11) is 0. The summed E-state index contributed by atoms with van der Waals surface area (Å²) in [4.78, 5) is 9.32. The lowest BCUT2D eigenvalue weighted by molar-refractivity contribution is 0.173. The number of fused-ring (bicyclic) bond motifs is 2. The standard InChI is InChI=1S/C24H16N6O4/c1-2-13(21-25-23(29-27-21)15-4-6-17-19(9-15)33-11-31-17)8-14(3-1)22-26-24(30-28-22)16-5-7-18-20(10-16)34-12-32-18/h1-10H,11-12H2,(H,25,27,29)(H,26,28,30). The normalized spacial score (nSPS) is 13.4. The molecule has 2 aliphatic rings. The van der Waals surface area contributed by atoms with Crippen molar-refractivity contribution in [3.63, 3.8) is 0 Å². The molecule has 0 saturated heterocycles. The Kier molecular flexibility index (Phi) is 4.03. The van der Waals surface area contributed by atoms with Gasteiger partial charge in [0.15, 0.2) is 46.3 Å². The molecule has 2 aliphatic heterocycles. The zero-order valence-electron chi connectivity index (χ0n) is 17.6. The highest BCUT2D eigenvalue weighted by Gasteiger charge is 2.18. The lowest BCUT2D eigenvalue weighted by Gasteiger charge is -2.00. The summed E-state index contributed by atoms with van der Waals surface area (Å²) in [5.74, 6) is 5.26. The molecule has 166 valence electrons. The molecule has 2 aromatic heterocycles. The minimum Gasteiger partial charge on any atom is -0.454 e. The number of H-pyrrole nitrogens is 2. The number of aromatic nitrogens is 6. The van der Waals surface area contributed by atoms with E-state index in [0.717, 1.165) is 33.8 Å². The van der Waals surface area contributed by atoms with Gasteiger partial charge in [0.25, 0.3) is 0 Å². The predicted octanol–water partition coefficient (Wildman–Crippen LogP) is 4.05. The molecule has 5 aromatic rings. The number of nitrogens with zero attached hydrogens (tertiary/aromatic N) is 4. The van der Waals surface area contributed by atoms with Crippen molar-refractivity contribution in [2.24, 2.45) is 0 Å². The van der Waals surface area contributed by atoms with E-state index in [1.807, 2.05) is 60.7 Å². The molecule has 0 saturated carbocycles. The summed E-state index contributed by atoms with van der Waals surface area (Å²) in [5, 5.41) is 14.8. The molecular weight excluding hydrogens is 436 g/mol. The number of benzene rings is 3. The molecule has 0 aliphatic carbocycles. The fraction of sp³-hybridized carbons (Fsp3) is 0.0833. The lowest BCUT2D eigenvalue weighted by atomic mass is 10.1. The van der Waals surface area contributed by atoms with Crippen molar-refractivity contribution < 1.29 is 18.9 Å². The molecule has 34 heavy (non-hydrogen) atoms. The Morgan fingerprint density at radius 1 is 0.529 bits per heavy atom. The van der Waals surface area contributed by atoms with Crippen molar-refractivity contribution in [1.82, 2.24) is 30.4 Å². The molecule has 0 bridgehead atoms.